The molecule has 3 aliphatic carbocycles. The van der Waals surface area contributed by atoms with Crippen molar-refractivity contribution in [2.24, 2.45) is 23.0 Å². The van der Waals surface area contributed by atoms with E-state index in [1.54, 1.807) is 44.1 Å². The van der Waals surface area contributed by atoms with Gasteiger partial charge in [-0.25, -0.2) is 0 Å². The molecular weight excluding hydrogens is 454 g/mol. The van der Waals surface area contributed by atoms with Gasteiger partial charge >= 0.3 is 0 Å². The van der Waals surface area contributed by atoms with Crippen LogP contribution in [0.15, 0.2) is 23.0 Å². The van der Waals surface area contributed by atoms with Gasteiger partial charge in [0.1, 0.15) is 22.8 Å². The summed E-state index contributed by atoms with van der Waals surface area (Å²) in [5, 5.41) is 43.0. The van der Waals surface area contributed by atoms with Crippen molar-refractivity contribution < 1.29 is 34.8 Å². The molecule has 4 atom stereocenters. The number of amides is 1. The number of phenols is 1. The van der Waals surface area contributed by atoms with E-state index in [9.17, 15) is 34.8 Å². The molecule has 35 heavy (non-hydrogen) atoms. The van der Waals surface area contributed by atoms with Gasteiger partial charge in [0.15, 0.2) is 11.6 Å². The number of hydrogen-bond acceptors (Lipinski definition) is 9. The van der Waals surface area contributed by atoms with Crippen LogP contribution in [0, 0.1) is 17.3 Å². The first-order valence-electron chi connectivity index (χ1n) is 11.4. The fourth-order valence-corrected chi connectivity index (χ4v) is 6.16. The lowest BCUT2D eigenvalue weighted by Gasteiger charge is -2.51. The van der Waals surface area contributed by atoms with Crippen LogP contribution in [0.25, 0.3) is 5.76 Å². The summed E-state index contributed by atoms with van der Waals surface area (Å²) in [6, 6.07) is 0.757. The topological polar surface area (TPSA) is 165 Å². The number of benzene rings is 1. The summed E-state index contributed by atoms with van der Waals surface area (Å²) < 4.78 is 0. The van der Waals surface area contributed by atoms with E-state index < -0.39 is 64.5 Å². The van der Waals surface area contributed by atoms with E-state index in [2.05, 4.69) is 0 Å². The molecule has 0 saturated heterocycles. The number of fused-ring (bicyclic) bond motifs is 3. The second-order valence-corrected chi connectivity index (χ2v) is 10.2. The zero-order valence-electron chi connectivity index (χ0n) is 20.4. The normalized spacial score (nSPS) is 28.1. The van der Waals surface area contributed by atoms with Crippen molar-refractivity contribution in [3.05, 3.63) is 39.7 Å². The SMILES string of the molecule is CN(C)c1cc(CO)c(O)c2c1C[C@H]1C[C@H]3C(N(C)C)C(=O)C(C(N)=O)=C(O)[C@@]3(C)C(=O)C1=C2O. The fourth-order valence-electron chi connectivity index (χ4n) is 6.16. The van der Waals surface area contributed by atoms with Crippen LogP contribution in [-0.2, 0) is 27.4 Å². The van der Waals surface area contributed by atoms with Gasteiger partial charge in [-0.05, 0) is 51.4 Å². The third-order valence-corrected chi connectivity index (χ3v) is 7.89. The number of nitrogens with two attached hydrogens (primary N) is 1. The average molecular weight is 486 g/mol. The van der Waals surface area contributed by atoms with Crippen LogP contribution in [0.2, 0.25) is 0 Å². The van der Waals surface area contributed by atoms with E-state index >= 15 is 0 Å². The number of allylic oxidation sites excluding steroid dienone is 2. The Morgan fingerprint density at radius 2 is 1.80 bits per heavy atom. The van der Waals surface area contributed by atoms with Crippen LogP contribution in [0.5, 0.6) is 5.75 Å². The second-order valence-electron chi connectivity index (χ2n) is 10.2. The van der Waals surface area contributed by atoms with Gasteiger partial charge in [-0.2, -0.15) is 0 Å². The second kappa shape index (κ2) is 8.10. The van der Waals surface area contributed by atoms with Gasteiger partial charge < -0.3 is 31.1 Å². The quantitative estimate of drug-likeness (QED) is 0.388. The maximum absolute atomic E-state index is 14.0. The molecule has 0 radical (unpaired) electrons. The van der Waals surface area contributed by atoms with Gasteiger partial charge in [-0.15, -0.1) is 0 Å². The number of hydrogen-bond donors (Lipinski definition) is 5. The van der Waals surface area contributed by atoms with Crippen LogP contribution in [0.3, 0.4) is 0 Å². The number of likely N-dealkylation sites (N-methyl/N-ethyl adjacent to an activating group) is 1. The van der Waals surface area contributed by atoms with Crippen molar-refractivity contribution >= 4 is 28.9 Å². The number of aliphatic hydroxyl groups is 3. The molecule has 10 nitrogen and oxygen atoms in total. The molecule has 0 bridgehead atoms. The van der Waals surface area contributed by atoms with E-state index in [0.717, 1.165) is 0 Å². The lowest BCUT2D eigenvalue weighted by atomic mass is 9.53. The molecule has 1 amide bonds. The molecule has 4 rings (SSSR count). The summed E-state index contributed by atoms with van der Waals surface area (Å²) in [4.78, 5) is 42.8. The van der Waals surface area contributed by atoms with Gasteiger partial charge in [0.2, 0.25) is 0 Å². The van der Waals surface area contributed by atoms with Crippen LogP contribution in [0.4, 0.5) is 5.69 Å². The van der Waals surface area contributed by atoms with E-state index in [0.29, 0.717) is 17.7 Å². The van der Waals surface area contributed by atoms with Crippen molar-refractivity contribution in [1.82, 2.24) is 4.90 Å². The molecule has 1 fully saturated rings. The van der Waals surface area contributed by atoms with E-state index in [-0.39, 0.29) is 28.9 Å². The molecule has 0 aliphatic heterocycles. The lowest BCUT2D eigenvalue weighted by molar-refractivity contribution is -0.139. The highest BCUT2D eigenvalue weighted by molar-refractivity contribution is 6.24. The van der Waals surface area contributed by atoms with Crippen molar-refractivity contribution in [3.8, 4) is 5.75 Å². The maximum atomic E-state index is 14.0. The number of ketones is 2. The number of aliphatic hydroxyl groups excluding tert-OH is 3. The van der Waals surface area contributed by atoms with Gasteiger partial charge in [0, 0.05) is 36.8 Å². The minimum absolute atomic E-state index is 0.0218. The fraction of sp³-hybridized carbons (Fsp3) is 0.480. The highest BCUT2D eigenvalue weighted by Crippen LogP contribution is 2.57. The zero-order valence-corrected chi connectivity index (χ0v) is 20.4. The van der Waals surface area contributed by atoms with E-state index in [1.165, 1.54) is 6.92 Å². The monoisotopic (exact) mass is 485 g/mol. The molecule has 1 aromatic rings. The van der Waals surface area contributed by atoms with E-state index in [4.69, 9.17) is 5.73 Å². The van der Waals surface area contributed by atoms with Gasteiger partial charge in [-0.3, -0.25) is 19.3 Å². The summed E-state index contributed by atoms with van der Waals surface area (Å²) in [6.45, 7) is 0.986. The zero-order chi connectivity index (χ0) is 26.1. The van der Waals surface area contributed by atoms with Crippen molar-refractivity contribution in [2.75, 3.05) is 33.1 Å². The Hall–Kier alpha value is -3.37. The summed E-state index contributed by atoms with van der Waals surface area (Å²) in [5.74, 6) is -5.00. The van der Waals surface area contributed by atoms with Crippen molar-refractivity contribution in [1.29, 1.82) is 0 Å². The predicted molar refractivity (Wildman–Crippen MR) is 128 cm³/mol. The first kappa shape index (κ1) is 24.7. The third-order valence-electron chi connectivity index (χ3n) is 7.89. The summed E-state index contributed by atoms with van der Waals surface area (Å²) in [5.41, 5.74) is 4.72. The summed E-state index contributed by atoms with van der Waals surface area (Å²) in [7, 11) is 6.91. The molecule has 10 heteroatoms. The van der Waals surface area contributed by atoms with Crippen LogP contribution < -0.4 is 10.6 Å². The standard InChI is InChI=1S/C25H31N3O7/c1-25-13(18(28(4)5)21(32)17(23(25)34)24(26)35)7-10-6-12-14(27(2)3)8-11(9-29)19(30)16(12)20(31)15(10)22(25)33/h8,10,13,18,29-31,34H,6-7,9H2,1-5H3,(H2,26,35)/t10-,13-,18?,25+/m0/s1. The summed E-state index contributed by atoms with van der Waals surface area (Å²) >= 11 is 0. The largest absolute Gasteiger partial charge is 0.510 e. The lowest BCUT2D eigenvalue weighted by Crippen LogP contribution is -2.60. The Kier molecular flexibility index (Phi) is 5.72. The highest BCUT2D eigenvalue weighted by atomic mass is 16.3. The van der Waals surface area contributed by atoms with Gasteiger partial charge in [-0.1, -0.05) is 0 Å². The Bertz CT molecular complexity index is 1230. The van der Waals surface area contributed by atoms with Gasteiger partial charge in [0.05, 0.1) is 23.6 Å². The smallest absolute Gasteiger partial charge is 0.255 e. The van der Waals surface area contributed by atoms with Gasteiger partial charge in [0.25, 0.3) is 5.91 Å². The molecule has 0 heterocycles. The molecular formula is C25H31N3O7. The number of Topliss-reactive ketones (excluding diaryl/α,β-unsaturated/α-hetero) is 2. The molecule has 1 aromatic carbocycles. The Morgan fingerprint density at radius 3 is 2.31 bits per heavy atom. The minimum Gasteiger partial charge on any atom is -0.510 e. The molecule has 1 unspecified atom stereocenters. The minimum atomic E-state index is -1.68. The van der Waals surface area contributed by atoms with Crippen molar-refractivity contribution in [3.63, 3.8) is 0 Å². The van der Waals surface area contributed by atoms with Crippen LogP contribution >= 0.6 is 0 Å². The number of anilines is 1. The molecule has 0 spiro atoms. The van der Waals surface area contributed by atoms with E-state index in [1.807, 2.05) is 0 Å². The Morgan fingerprint density at radius 1 is 1.17 bits per heavy atom. The average Bonchev–Trinajstić information content (AvgIpc) is 2.75. The Balaban J connectivity index is 2.01. The molecule has 3 aliphatic rings. The number of primary amides is 1. The predicted octanol–water partition coefficient (Wildman–Crippen LogP) is 0.798. The molecule has 188 valence electrons. The van der Waals surface area contributed by atoms with Crippen molar-refractivity contribution in [2.45, 2.75) is 32.4 Å². The maximum Gasteiger partial charge on any atom is 0.255 e. The Labute approximate surface area is 202 Å². The molecule has 1 saturated carbocycles. The molecule has 6 N–H and O–H groups in total. The number of rotatable bonds is 4. The van der Waals surface area contributed by atoms with Crippen LogP contribution in [-0.4, -0.2) is 77.0 Å². The number of carbonyl (C=O) groups excluding carboxylic acids is 3. The molecule has 0 aromatic heterocycles. The van der Waals surface area contributed by atoms with Crippen LogP contribution in [0.1, 0.15) is 30.0 Å². The first-order valence-corrected chi connectivity index (χ1v) is 11.4. The first-order chi connectivity index (χ1) is 16.3. The highest BCUT2D eigenvalue weighted by Gasteiger charge is 2.62. The number of nitrogens with zero attached hydrogens (tertiary/aromatic N) is 2. The third kappa shape index (κ3) is 3.20. The summed E-state index contributed by atoms with van der Waals surface area (Å²) in [6.07, 6.45) is 0.558. The number of carbonyl (C=O) groups is 3. The number of aromatic hydroxyl groups is 1.